The molecule has 0 spiro atoms. The summed E-state index contributed by atoms with van der Waals surface area (Å²) in [4.78, 5) is 72.4. The Morgan fingerprint density at radius 1 is 0.531 bits per heavy atom. The van der Waals surface area contributed by atoms with E-state index in [9.17, 15) is 41.5 Å². The fraction of sp³-hybridized carbons (Fsp3) is 0.239. The predicted octanol–water partition coefficient (Wildman–Crippen LogP) is 5.17. The van der Waals surface area contributed by atoms with Gasteiger partial charge in [-0.25, -0.2) is 22.4 Å². The molecule has 6 rings (SSSR count). The van der Waals surface area contributed by atoms with E-state index in [4.69, 9.17) is 14.2 Å². The largest absolute Gasteiger partial charge is 0.497 e. The quantitative estimate of drug-likeness (QED) is 0.119. The van der Waals surface area contributed by atoms with E-state index in [2.05, 4.69) is 10.6 Å². The molecule has 5 aromatic carbocycles. The van der Waals surface area contributed by atoms with E-state index in [1.807, 2.05) is 0 Å². The topological polar surface area (TPSA) is 153 Å². The van der Waals surface area contributed by atoms with E-state index in [0.717, 1.165) is 33.4 Å². The van der Waals surface area contributed by atoms with Gasteiger partial charge in [-0.05, 0) is 96.1 Å². The van der Waals surface area contributed by atoms with Crippen LogP contribution < -0.4 is 40.3 Å². The molecule has 1 unspecified atom stereocenters. The maximum absolute atomic E-state index is 14.3. The van der Waals surface area contributed by atoms with E-state index < -0.39 is 77.8 Å². The molecule has 0 saturated heterocycles. The first kappa shape index (κ1) is 45.9. The molecule has 334 valence electrons. The second kappa shape index (κ2) is 20.0. The third-order valence-corrected chi connectivity index (χ3v) is 10.4. The van der Waals surface area contributed by atoms with Crippen LogP contribution in [0.3, 0.4) is 0 Å². The van der Waals surface area contributed by atoms with Gasteiger partial charge in [0.2, 0.25) is 23.6 Å². The predicted molar refractivity (Wildman–Crippen MR) is 230 cm³/mol. The molecule has 1 aromatic heterocycles. The molecule has 0 radical (unpaired) electrons. The van der Waals surface area contributed by atoms with Gasteiger partial charge in [-0.1, -0.05) is 0 Å². The maximum Gasteiger partial charge on any atom is 0.330 e. The van der Waals surface area contributed by atoms with Crippen LogP contribution in [0.5, 0.6) is 17.2 Å². The fourth-order valence-corrected chi connectivity index (χ4v) is 7.16. The van der Waals surface area contributed by atoms with Gasteiger partial charge in [0.1, 0.15) is 65.7 Å². The zero-order chi connectivity index (χ0) is 46.2. The lowest BCUT2D eigenvalue weighted by atomic mass is 10.0. The number of hydrogen-bond acceptors (Lipinski definition) is 8. The lowest BCUT2D eigenvalue weighted by Gasteiger charge is -2.25. The zero-order valence-corrected chi connectivity index (χ0v) is 35.4. The summed E-state index contributed by atoms with van der Waals surface area (Å²) in [5.41, 5.74) is 0.463. The first-order valence-electron chi connectivity index (χ1n) is 19.7. The number of carbonyl (C=O) groups excluding carboxylic acids is 4. The highest BCUT2D eigenvalue weighted by Gasteiger charge is 2.29. The molecular weight excluding hydrogens is 841 g/mol. The molecule has 14 nitrogen and oxygen atoms in total. The highest BCUT2D eigenvalue weighted by molar-refractivity contribution is 6.00. The standard InChI is InChI=1S/C46H44F4N6O8/c1-53(33-6-10-35(62-3)11-7-33)44(59)38(20-27-16-29(47)22-30(48)17-27)51-42(57)25-55-40-15-14-37(64-5)24-41(40)56(46(55)61)26-43(58)52-39(21-28-18-31(49)23-32(50)19-28)45(60)54(2)34-8-12-36(63-4)13-9-34/h6-19,22-24,38-39H,20-21,25-26H2,1-5H3,(H,51,57)(H,52,58)/t38-,39?/m0/s1. The minimum atomic E-state index is -1.39. The summed E-state index contributed by atoms with van der Waals surface area (Å²) < 4.78 is 75.0. The Balaban J connectivity index is 1.29. The average molecular weight is 885 g/mol. The first-order valence-corrected chi connectivity index (χ1v) is 19.7. The Kier molecular flexibility index (Phi) is 14.4. The van der Waals surface area contributed by atoms with Crippen LogP contribution in [0, 0.1) is 23.3 Å². The fourth-order valence-electron chi connectivity index (χ4n) is 7.16. The molecule has 0 fully saturated rings. The van der Waals surface area contributed by atoms with Gasteiger partial charge in [-0.2, -0.15) is 0 Å². The number of halogens is 4. The van der Waals surface area contributed by atoms with Crippen LogP contribution >= 0.6 is 0 Å². The normalized spacial score (nSPS) is 12.0. The van der Waals surface area contributed by atoms with Crippen molar-refractivity contribution >= 4 is 46.0 Å². The number of benzene rings is 5. The van der Waals surface area contributed by atoms with Gasteiger partial charge in [0.25, 0.3) is 0 Å². The van der Waals surface area contributed by atoms with Gasteiger partial charge in [0.05, 0.1) is 32.4 Å². The lowest BCUT2D eigenvalue weighted by molar-refractivity contribution is -0.128. The maximum atomic E-state index is 14.3. The number of methoxy groups -OCH3 is 3. The van der Waals surface area contributed by atoms with Crippen molar-refractivity contribution in [1.82, 2.24) is 19.8 Å². The first-order chi connectivity index (χ1) is 30.6. The van der Waals surface area contributed by atoms with Gasteiger partial charge >= 0.3 is 5.69 Å². The number of rotatable bonds is 17. The van der Waals surface area contributed by atoms with Crippen molar-refractivity contribution in [3.8, 4) is 17.2 Å². The van der Waals surface area contributed by atoms with E-state index in [0.29, 0.717) is 40.8 Å². The van der Waals surface area contributed by atoms with Gasteiger partial charge in [-0.15, -0.1) is 0 Å². The van der Waals surface area contributed by atoms with Crippen LogP contribution in [0.4, 0.5) is 28.9 Å². The third-order valence-electron chi connectivity index (χ3n) is 10.4. The van der Waals surface area contributed by atoms with Crippen LogP contribution in [0.25, 0.3) is 11.0 Å². The molecule has 0 saturated carbocycles. The summed E-state index contributed by atoms with van der Waals surface area (Å²) in [7, 11) is 7.25. The average Bonchev–Trinajstić information content (AvgIpc) is 3.51. The summed E-state index contributed by atoms with van der Waals surface area (Å²) in [6.45, 7) is -1.37. The summed E-state index contributed by atoms with van der Waals surface area (Å²) in [5, 5.41) is 5.23. The Morgan fingerprint density at radius 3 is 1.27 bits per heavy atom. The Bertz CT molecular complexity index is 2700. The van der Waals surface area contributed by atoms with Crippen molar-refractivity contribution in [3.63, 3.8) is 0 Å². The Labute approximate surface area is 364 Å². The minimum absolute atomic E-state index is 0.0679. The molecular formula is C46H44F4N6O8. The van der Waals surface area contributed by atoms with Crippen molar-refractivity contribution in [2.45, 2.75) is 38.0 Å². The second-order valence-electron chi connectivity index (χ2n) is 14.7. The molecule has 4 amide bonds. The number of aromatic nitrogens is 2. The highest BCUT2D eigenvalue weighted by Crippen LogP contribution is 2.24. The number of amides is 4. The summed E-state index contributed by atoms with van der Waals surface area (Å²) in [6.07, 6.45) is -0.663. The molecule has 0 aliphatic rings. The van der Waals surface area contributed by atoms with Crippen molar-refractivity contribution in [2.75, 3.05) is 45.2 Å². The van der Waals surface area contributed by atoms with Crippen LogP contribution in [-0.4, -0.2) is 80.3 Å². The molecule has 2 N–H and O–H groups in total. The van der Waals surface area contributed by atoms with Crippen LogP contribution in [0.2, 0.25) is 0 Å². The molecule has 2 atom stereocenters. The van der Waals surface area contributed by atoms with Crippen molar-refractivity contribution < 1.29 is 51.0 Å². The van der Waals surface area contributed by atoms with Crippen molar-refractivity contribution in [3.05, 3.63) is 148 Å². The molecule has 64 heavy (non-hydrogen) atoms. The zero-order valence-electron chi connectivity index (χ0n) is 35.4. The third kappa shape index (κ3) is 10.9. The van der Waals surface area contributed by atoms with Gasteiger partial charge in [0.15, 0.2) is 0 Å². The smallest absolute Gasteiger partial charge is 0.330 e. The van der Waals surface area contributed by atoms with Gasteiger partial charge in [0, 0.05) is 56.5 Å². The molecule has 1 heterocycles. The summed E-state index contributed by atoms with van der Waals surface area (Å²) in [6, 6.07) is 20.1. The number of likely N-dealkylation sites (N-methyl/N-ethyl adjacent to an activating group) is 2. The lowest BCUT2D eigenvalue weighted by Crippen LogP contribution is -2.50. The number of nitrogens with zero attached hydrogens (tertiary/aromatic N) is 4. The summed E-state index contributed by atoms with van der Waals surface area (Å²) in [5.74, 6) is -5.22. The van der Waals surface area contributed by atoms with Gasteiger partial charge < -0.3 is 34.6 Å². The second-order valence-corrected chi connectivity index (χ2v) is 14.7. The van der Waals surface area contributed by atoms with E-state index >= 15 is 0 Å². The van der Waals surface area contributed by atoms with Crippen LogP contribution in [0.1, 0.15) is 11.1 Å². The number of hydrogen-bond donors (Lipinski definition) is 2. The number of fused-ring (bicyclic) bond motifs is 1. The molecule has 0 aliphatic carbocycles. The van der Waals surface area contributed by atoms with Crippen molar-refractivity contribution in [2.24, 2.45) is 0 Å². The van der Waals surface area contributed by atoms with Crippen LogP contribution in [0.15, 0.2) is 108 Å². The Hall–Kier alpha value is -7.63. The number of anilines is 2. The Morgan fingerprint density at radius 2 is 0.891 bits per heavy atom. The number of nitrogens with one attached hydrogen (secondary N) is 2. The number of imidazole rings is 1. The van der Waals surface area contributed by atoms with E-state index in [1.54, 1.807) is 48.5 Å². The SMILES string of the molecule is COc1ccc(N(C)C(=O)C(Cc2cc(F)cc(F)c2)NC(=O)Cn2c(=O)n(CC(=O)N[C@@H](Cc3cc(F)cc(F)c3)C(=O)N(C)c3ccc(OC)cc3)c3ccc(OC)cc32)cc1. The monoisotopic (exact) mass is 884 g/mol. The highest BCUT2D eigenvalue weighted by atomic mass is 19.1. The molecule has 18 heteroatoms. The number of ether oxygens (including phenoxy) is 3. The summed E-state index contributed by atoms with van der Waals surface area (Å²) >= 11 is 0. The molecule has 0 bridgehead atoms. The van der Waals surface area contributed by atoms with Crippen LogP contribution in [-0.2, 0) is 45.1 Å². The number of carbonyl (C=O) groups is 4. The minimum Gasteiger partial charge on any atom is -0.497 e. The molecule has 0 aliphatic heterocycles. The molecule has 6 aromatic rings. The van der Waals surface area contributed by atoms with Crippen molar-refractivity contribution in [1.29, 1.82) is 0 Å². The van der Waals surface area contributed by atoms with E-state index in [1.165, 1.54) is 63.4 Å². The van der Waals surface area contributed by atoms with E-state index in [-0.39, 0.29) is 35.0 Å². The van der Waals surface area contributed by atoms with Gasteiger partial charge in [-0.3, -0.25) is 28.3 Å².